The maximum atomic E-state index is 10.9. The number of aromatic nitrogens is 2. The van der Waals surface area contributed by atoms with E-state index in [9.17, 15) is 9.00 Å². The van der Waals surface area contributed by atoms with Crippen LogP contribution in [0.4, 0.5) is 0 Å². The largest absolute Gasteiger partial charge is 0.478 e. The van der Waals surface area contributed by atoms with Crippen LogP contribution in [0.3, 0.4) is 0 Å². The standard InChI is InChI=1S/C10H15N3O3S/c1-17(16)4-2-3-11-6-9-8(10(14)15)5-12-7-13-9/h5,7,11H,2-4,6H2,1H3,(H,14,15). The molecule has 7 heteroatoms. The van der Waals surface area contributed by atoms with E-state index in [-0.39, 0.29) is 5.56 Å². The van der Waals surface area contributed by atoms with Crippen LogP contribution < -0.4 is 5.32 Å². The summed E-state index contributed by atoms with van der Waals surface area (Å²) in [6.45, 7) is 1.06. The molecule has 0 aliphatic carbocycles. The number of nitrogens with zero attached hydrogens (tertiary/aromatic N) is 2. The van der Waals surface area contributed by atoms with Gasteiger partial charge in [-0.05, 0) is 13.0 Å². The molecule has 0 aromatic carbocycles. The fourth-order valence-electron chi connectivity index (χ4n) is 1.28. The molecular weight excluding hydrogens is 242 g/mol. The summed E-state index contributed by atoms with van der Waals surface area (Å²) in [7, 11) is -0.785. The van der Waals surface area contributed by atoms with Crippen LogP contribution in [0.15, 0.2) is 12.5 Å². The van der Waals surface area contributed by atoms with Crippen molar-refractivity contribution >= 4 is 16.8 Å². The van der Waals surface area contributed by atoms with E-state index in [2.05, 4.69) is 15.3 Å². The molecule has 0 aliphatic heterocycles. The number of aromatic carboxylic acids is 1. The van der Waals surface area contributed by atoms with Gasteiger partial charge in [0.2, 0.25) is 0 Å². The zero-order chi connectivity index (χ0) is 12.7. The first-order chi connectivity index (χ1) is 8.11. The number of carbonyl (C=O) groups is 1. The second-order valence-electron chi connectivity index (χ2n) is 3.50. The Hall–Kier alpha value is -1.34. The Kier molecular flexibility index (Phi) is 5.71. The molecule has 1 heterocycles. The van der Waals surface area contributed by atoms with Crippen molar-refractivity contribution in [1.82, 2.24) is 15.3 Å². The molecular formula is C10H15N3O3S. The molecule has 1 atom stereocenters. The number of hydrogen-bond acceptors (Lipinski definition) is 5. The lowest BCUT2D eigenvalue weighted by Crippen LogP contribution is -2.19. The third-order valence-electron chi connectivity index (χ3n) is 2.10. The van der Waals surface area contributed by atoms with Gasteiger partial charge in [-0.15, -0.1) is 0 Å². The Bertz CT molecular complexity index is 412. The van der Waals surface area contributed by atoms with E-state index in [0.29, 0.717) is 24.5 Å². The zero-order valence-electron chi connectivity index (χ0n) is 9.55. The number of hydrogen-bond donors (Lipinski definition) is 2. The minimum atomic E-state index is -1.03. The SMILES string of the molecule is CS(=O)CCCNCc1ncncc1C(=O)O. The summed E-state index contributed by atoms with van der Waals surface area (Å²) in [6.07, 6.45) is 5.06. The smallest absolute Gasteiger partial charge is 0.339 e. The maximum absolute atomic E-state index is 10.9. The highest BCUT2D eigenvalue weighted by Gasteiger charge is 2.10. The van der Waals surface area contributed by atoms with E-state index < -0.39 is 16.8 Å². The number of rotatable bonds is 7. The van der Waals surface area contributed by atoms with E-state index in [0.717, 1.165) is 6.42 Å². The second kappa shape index (κ2) is 7.08. The highest BCUT2D eigenvalue weighted by atomic mass is 32.2. The van der Waals surface area contributed by atoms with Crippen LogP contribution in [-0.2, 0) is 17.3 Å². The van der Waals surface area contributed by atoms with Crippen LogP contribution >= 0.6 is 0 Å². The molecule has 1 aromatic rings. The van der Waals surface area contributed by atoms with E-state index >= 15 is 0 Å². The molecule has 1 unspecified atom stereocenters. The average Bonchev–Trinajstić information content (AvgIpc) is 2.28. The summed E-state index contributed by atoms with van der Waals surface area (Å²) in [6, 6.07) is 0. The maximum Gasteiger partial charge on any atom is 0.339 e. The Morgan fingerprint density at radius 1 is 1.59 bits per heavy atom. The first-order valence-electron chi connectivity index (χ1n) is 5.14. The molecule has 0 spiro atoms. The van der Waals surface area contributed by atoms with Crippen molar-refractivity contribution in [2.24, 2.45) is 0 Å². The van der Waals surface area contributed by atoms with Gasteiger partial charge in [-0.25, -0.2) is 14.8 Å². The summed E-state index contributed by atoms with van der Waals surface area (Å²) in [5, 5.41) is 12.0. The first-order valence-corrected chi connectivity index (χ1v) is 6.87. The lowest BCUT2D eigenvalue weighted by Gasteiger charge is -2.05. The number of nitrogens with one attached hydrogen (secondary N) is 1. The Morgan fingerprint density at radius 3 is 3.00 bits per heavy atom. The lowest BCUT2D eigenvalue weighted by molar-refractivity contribution is 0.0694. The van der Waals surface area contributed by atoms with Crippen LogP contribution in [0.1, 0.15) is 22.5 Å². The van der Waals surface area contributed by atoms with E-state index in [1.165, 1.54) is 12.5 Å². The van der Waals surface area contributed by atoms with Gasteiger partial charge in [0.05, 0.1) is 5.69 Å². The topological polar surface area (TPSA) is 92.2 Å². The van der Waals surface area contributed by atoms with E-state index in [1.807, 2.05) is 0 Å². The minimum absolute atomic E-state index is 0.110. The average molecular weight is 257 g/mol. The highest BCUT2D eigenvalue weighted by molar-refractivity contribution is 7.84. The summed E-state index contributed by atoms with van der Waals surface area (Å²) >= 11 is 0. The van der Waals surface area contributed by atoms with Crippen molar-refractivity contribution < 1.29 is 14.1 Å². The molecule has 0 amide bonds. The van der Waals surface area contributed by atoms with Crippen molar-refractivity contribution in [1.29, 1.82) is 0 Å². The van der Waals surface area contributed by atoms with Crippen molar-refractivity contribution in [2.45, 2.75) is 13.0 Å². The minimum Gasteiger partial charge on any atom is -0.478 e. The Balaban J connectivity index is 2.41. The summed E-state index contributed by atoms with van der Waals surface area (Å²) in [4.78, 5) is 18.4. The fraction of sp³-hybridized carbons (Fsp3) is 0.500. The van der Waals surface area contributed by atoms with E-state index in [1.54, 1.807) is 6.26 Å². The highest BCUT2D eigenvalue weighted by Crippen LogP contribution is 2.02. The molecule has 2 N–H and O–H groups in total. The van der Waals surface area contributed by atoms with Crippen LogP contribution in [-0.4, -0.2) is 43.8 Å². The molecule has 0 saturated heterocycles. The van der Waals surface area contributed by atoms with Gasteiger partial charge in [0, 0.05) is 35.5 Å². The number of carboxylic acids is 1. The monoisotopic (exact) mass is 257 g/mol. The molecule has 6 nitrogen and oxygen atoms in total. The normalized spacial score (nSPS) is 12.3. The lowest BCUT2D eigenvalue weighted by atomic mass is 10.2. The van der Waals surface area contributed by atoms with Gasteiger partial charge in [-0.3, -0.25) is 4.21 Å². The first kappa shape index (κ1) is 13.7. The Labute approximate surface area is 102 Å². The van der Waals surface area contributed by atoms with E-state index in [4.69, 9.17) is 5.11 Å². The van der Waals surface area contributed by atoms with Gasteiger partial charge in [0.1, 0.15) is 11.9 Å². The fourth-order valence-corrected chi connectivity index (χ4v) is 1.83. The zero-order valence-corrected chi connectivity index (χ0v) is 10.4. The van der Waals surface area contributed by atoms with Gasteiger partial charge < -0.3 is 10.4 Å². The number of carboxylic acid groups (broad SMARTS) is 1. The Morgan fingerprint density at radius 2 is 2.35 bits per heavy atom. The van der Waals surface area contributed by atoms with Crippen molar-refractivity contribution in [3.05, 3.63) is 23.8 Å². The van der Waals surface area contributed by atoms with Gasteiger partial charge in [-0.2, -0.15) is 0 Å². The van der Waals surface area contributed by atoms with Crippen LogP contribution in [0.5, 0.6) is 0 Å². The van der Waals surface area contributed by atoms with Crippen LogP contribution in [0.2, 0.25) is 0 Å². The van der Waals surface area contributed by atoms with Crippen LogP contribution in [0.25, 0.3) is 0 Å². The predicted octanol–water partition coefficient (Wildman–Crippen LogP) is 0.0330. The molecule has 94 valence electrons. The van der Waals surface area contributed by atoms with Crippen molar-refractivity contribution in [3.8, 4) is 0 Å². The van der Waals surface area contributed by atoms with Gasteiger partial charge in [0.15, 0.2) is 0 Å². The predicted molar refractivity (Wildman–Crippen MR) is 64.2 cm³/mol. The third kappa shape index (κ3) is 5.01. The van der Waals surface area contributed by atoms with Gasteiger partial charge in [0.25, 0.3) is 0 Å². The quantitative estimate of drug-likeness (QED) is 0.670. The molecule has 1 rings (SSSR count). The third-order valence-corrected chi connectivity index (χ3v) is 2.97. The summed E-state index contributed by atoms with van der Waals surface area (Å²) in [5.41, 5.74) is 0.573. The van der Waals surface area contributed by atoms with Gasteiger partial charge >= 0.3 is 5.97 Å². The molecule has 17 heavy (non-hydrogen) atoms. The molecule has 0 radical (unpaired) electrons. The van der Waals surface area contributed by atoms with Gasteiger partial charge in [-0.1, -0.05) is 0 Å². The van der Waals surface area contributed by atoms with Crippen molar-refractivity contribution in [2.75, 3.05) is 18.6 Å². The molecule has 0 saturated carbocycles. The molecule has 0 bridgehead atoms. The van der Waals surface area contributed by atoms with Crippen LogP contribution in [0, 0.1) is 0 Å². The molecule has 0 fully saturated rings. The summed E-state index contributed by atoms with van der Waals surface area (Å²) in [5.74, 6) is -0.389. The summed E-state index contributed by atoms with van der Waals surface area (Å²) < 4.78 is 10.8. The second-order valence-corrected chi connectivity index (χ2v) is 5.05. The molecule has 0 aliphatic rings. The van der Waals surface area contributed by atoms with Crippen molar-refractivity contribution in [3.63, 3.8) is 0 Å². The molecule has 1 aromatic heterocycles.